The second-order valence-electron chi connectivity index (χ2n) is 9.02. The third-order valence-corrected chi connectivity index (χ3v) is 5.31. The Balaban J connectivity index is 4.54. The van der Waals surface area contributed by atoms with Gasteiger partial charge in [-0.05, 0) is 37.5 Å². The molecule has 0 amide bonds. The van der Waals surface area contributed by atoms with Gasteiger partial charge in [-0.25, -0.2) is 9.59 Å². The standard InChI is InChI=1S/C24H46O8/c1-8-12-14-20(10-3)17-27-22(25)29-31-24(7,16-19(5)6)32-30-23(26)28-18-21(11-4)15-13-9-2/h19-21H,8-18H2,1-7H3. The average molecular weight is 463 g/mol. The molecule has 190 valence electrons. The molecule has 0 radical (unpaired) electrons. The van der Waals surface area contributed by atoms with Crippen molar-refractivity contribution in [1.82, 2.24) is 0 Å². The van der Waals surface area contributed by atoms with Gasteiger partial charge in [-0.2, -0.15) is 0 Å². The summed E-state index contributed by atoms with van der Waals surface area (Å²) in [5, 5.41) is 0. The first-order valence-electron chi connectivity index (χ1n) is 12.2. The highest BCUT2D eigenvalue weighted by molar-refractivity contribution is 5.59. The molecule has 0 spiro atoms. The van der Waals surface area contributed by atoms with Crippen LogP contribution >= 0.6 is 0 Å². The first-order chi connectivity index (χ1) is 15.2. The van der Waals surface area contributed by atoms with E-state index < -0.39 is 18.1 Å². The molecule has 32 heavy (non-hydrogen) atoms. The lowest BCUT2D eigenvalue weighted by molar-refractivity contribution is -0.478. The van der Waals surface area contributed by atoms with Crippen LogP contribution < -0.4 is 0 Å². The van der Waals surface area contributed by atoms with Crippen LogP contribution in [0, 0.1) is 17.8 Å². The summed E-state index contributed by atoms with van der Waals surface area (Å²) in [7, 11) is 0. The molecular formula is C24H46O8. The highest BCUT2D eigenvalue weighted by Gasteiger charge is 2.35. The molecule has 0 rings (SSSR count). The summed E-state index contributed by atoms with van der Waals surface area (Å²) in [6.07, 6.45) is 6.54. The van der Waals surface area contributed by atoms with Gasteiger partial charge in [0.15, 0.2) is 0 Å². The van der Waals surface area contributed by atoms with E-state index in [2.05, 4.69) is 27.7 Å². The van der Waals surface area contributed by atoms with E-state index in [9.17, 15) is 9.59 Å². The highest BCUT2D eigenvalue weighted by atomic mass is 17.3. The fourth-order valence-corrected chi connectivity index (χ4v) is 3.28. The second-order valence-corrected chi connectivity index (χ2v) is 9.02. The number of carbonyl (C=O) groups is 2. The van der Waals surface area contributed by atoms with E-state index in [-0.39, 0.29) is 31.0 Å². The van der Waals surface area contributed by atoms with Crippen molar-refractivity contribution in [2.24, 2.45) is 17.8 Å². The third-order valence-electron chi connectivity index (χ3n) is 5.31. The zero-order valence-electron chi connectivity index (χ0n) is 21.3. The summed E-state index contributed by atoms with van der Waals surface area (Å²) in [5.41, 5.74) is 0. The second kappa shape index (κ2) is 18.0. The number of ether oxygens (including phenoxy) is 2. The summed E-state index contributed by atoms with van der Waals surface area (Å²) in [5.74, 6) is -0.826. The molecule has 8 nitrogen and oxygen atoms in total. The van der Waals surface area contributed by atoms with Crippen LogP contribution in [0.15, 0.2) is 0 Å². The number of hydrogen-bond donors (Lipinski definition) is 0. The minimum Gasteiger partial charge on any atom is -0.432 e. The van der Waals surface area contributed by atoms with Gasteiger partial charge in [-0.15, -0.1) is 9.78 Å². The largest absolute Gasteiger partial charge is 0.540 e. The highest BCUT2D eigenvalue weighted by Crippen LogP contribution is 2.24. The van der Waals surface area contributed by atoms with Crippen molar-refractivity contribution in [3.05, 3.63) is 0 Å². The van der Waals surface area contributed by atoms with Gasteiger partial charge in [0.05, 0.1) is 13.2 Å². The van der Waals surface area contributed by atoms with Crippen molar-refractivity contribution in [3.8, 4) is 0 Å². The van der Waals surface area contributed by atoms with Crippen molar-refractivity contribution in [3.63, 3.8) is 0 Å². The Morgan fingerprint density at radius 1 is 0.750 bits per heavy atom. The third kappa shape index (κ3) is 15.3. The summed E-state index contributed by atoms with van der Waals surface area (Å²) in [6, 6.07) is 0. The fourth-order valence-electron chi connectivity index (χ4n) is 3.28. The van der Waals surface area contributed by atoms with Gasteiger partial charge in [0, 0.05) is 6.42 Å². The first-order valence-corrected chi connectivity index (χ1v) is 12.2. The summed E-state index contributed by atoms with van der Waals surface area (Å²) in [6.45, 7) is 14.3. The van der Waals surface area contributed by atoms with Crippen molar-refractivity contribution in [2.75, 3.05) is 13.2 Å². The van der Waals surface area contributed by atoms with Crippen molar-refractivity contribution >= 4 is 12.3 Å². The quantitative estimate of drug-likeness (QED) is 0.0903. The Morgan fingerprint density at radius 3 is 1.47 bits per heavy atom. The molecule has 0 aliphatic carbocycles. The molecular weight excluding hydrogens is 416 g/mol. The predicted molar refractivity (Wildman–Crippen MR) is 122 cm³/mol. The fraction of sp³-hybridized carbons (Fsp3) is 0.917. The van der Waals surface area contributed by atoms with E-state index in [1.165, 1.54) is 6.92 Å². The van der Waals surface area contributed by atoms with Crippen LogP contribution in [0.2, 0.25) is 0 Å². The topological polar surface area (TPSA) is 89.5 Å². The van der Waals surface area contributed by atoms with E-state index in [0.29, 0.717) is 6.42 Å². The van der Waals surface area contributed by atoms with Crippen LogP contribution in [0.5, 0.6) is 0 Å². The maximum Gasteiger partial charge on any atom is 0.540 e. The Morgan fingerprint density at radius 2 is 1.16 bits per heavy atom. The van der Waals surface area contributed by atoms with Crippen LogP contribution in [0.3, 0.4) is 0 Å². The zero-order valence-corrected chi connectivity index (χ0v) is 21.3. The lowest BCUT2D eigenvalue weighted by Gasteiger charge is -2.26. The van der Waals surface area contributed by atoms with Crippen LogP contribution in [0.1, 0.15) is 106 Å². The van der Waals surface area contributed by atoms with Gasteiger partial charge in [0.2, 0.25) is 0 Å². The van der Waals surface area contributed by atoms with Gasteiger partial charge in [-0.3, -0.25) is 9.78 Å². The molecule has 0 fully saturated rings. The smallest absolute Gasteiger partial charge is 0.432 e. The first kappa shape index (κ1) is 30.5. The molecule has 0 heterocycles. The maximum atomic E-state index is 11.9. The lowest BCUT2D eigenvalue weighted by Crippen LogP contribution is -2.36. The molecule has 0 aliphatic heterocycles. The molecule has 0 aromatic rings. The average Bonchev–Trinajstić information content (AvgIpc) is 2.76. The molecule has 2 unspecified atom stereocenters. The molecule has 0 N–H and O–H groups in total. The van der Waals surface area contributed by atoms with Gasteiger partial charge in [-0.1, -0.05) is 80.1 Å². The minimum absolute atomic E-state index is 0.108. The molecule has 0 aromatic carbocycles. The van der Waals surface area contributed by atoms with Gasteiger partial charge >= 0.3 is 12.3 Å². The Labute approximate surface area is 194 Å². The van der Waals surface area contributed by atoms with E-state index in [0.717, 1.165) is 51.4 Å². The van der Waals surface area contributed by atoms with Crippen LogP contribution in [-0.2, 0) is 29.0 Å². The normalized spacial score (nSPS) is 15.0. The van der Waals surface area contributed by atoms with Crippen LogP contribution in [0.25, 0.3) is 0 Å². The Bertz CT molecular complexity index is 458. The van der Waals surface area contributed by atoms with Gasteiger partial charge < -0.3 is 9.47 Å². The minimum atomic E-state index is -1.50. The van der Waals surface area contributed by atoms with Crippen molar-refractivity contribution in [2.45, 2.75) is 112 Å². The van der Waals surface area contributed by atoms with Crippen molar-refractivity contribution in [1.29, 1.82) is 0 Å². The van der Waals surface area contributed by atoms with Crippen LogP contribution in [0.4, 0.5) is 9.59 Å². The van der Waals surface area contributed by atoms with Gasteiger partial charge in [0.1, 0.15) is 0 Å². The van der Waals surface area contributed by atoms with Crippen molar-refractivity contribution < 1.29 is 38.6 Å². The number of carbonyl (C=O) groups excluding carboxylic acids is 2. The number of rotatable bonds is 18. The van der Waals surface area contributed by atoms with E-state index >= 15 is 0 Å². The lowest BCUT2D eigenvalue weighted by atomic mass is 10.0. The monoisotopic (exact) mass is 462 g/mol. The molecule has 0 aromatic heterocycles. The maximum absolute atomic E-state index is 11.9. The summed E-state index contributed by atoms with van der Waals surface area (Å²) in [4.78, 5) is 43.8. The molecule has 0 bridgehead atoms. The predicted octanol–water partition coefficient (Wildman–Crippen LogP) is 7.35. The molecule has 0 saturated heterocycles. The molecule has 0 saturated carbocycles. The zero-order chi connectivity index (χ0) is 24.4. The van der Waals surface area contributed by atoms with E-state index in [1.807, 2.05) is 13.8 Å². The number of hydrogen-bond acceptors (Lipinski definition) is 8. The van der Waals surface area contributed by atoms with Gasteiger partial charge in [0.25, 0.3) is 5.79 Å². The molecule has 0 aliphatic rings. The summed E-state index contributed by atoms with van der Waals surface area (Å²) >= 11 is 0. The molecule has 2 atom stereocenters. The van der Waals surface area contributed by atoms with E-state index in [4.69, 9.17) is 29.0 Å². The van der Waals surface area contributed by atoms with E-state index in [1.54, 1.807) is 0 Å². The molecule has 8 heteroatoms. The SMILES string of the molecule is CCCCC(CC)COC(=O)OOC(C)(CC(C)C)OOC(=O)OCC(CC)CCCC. The number of unbranched alkanes of at least 4 members (excludes halogenated alkanes) is 2. The Kier molecular flexibility index (Phi) is 17.1. The Hall–Kier alpha value is -1.54. The summed E-state index contributed by atoms with van der Waals surface area (Å²) < 4.78 is 10.3. The van der Waals surface area contributed by atoms with Crippen LogP contribution in [-0.4, -0.2) is 31.3 Å².